The average molecular weight is 249 g/mol. The monoisotopic (exact) mass is 249 g/mol. The molecule has 2 rings (SSSR count). The summed E-state index contributed by atoms with van der Waals surface area (Å²) in [6, 6.07) is 11.5. The zero-order chi connectivity index (χ0) is 11.9. The van der Waals surface area contributed by atoms with Crippen LogP contribution in [0.3, 0.4) is 0 Å². The highest BCUT2D eigenvalue weighted by molar-refractivity contribution is 8.00. The number of hydrogen-bond donors (Lipinski definition) is 1. The third-order valence-electron chi connectivity index (χ3n) is 3.36. The second-order valence-electron chi connectivity index (χ2n) is 4.75. The molecule has 2 heteroatoms. The van der Waals surface area contributed by atoms with Crippen molar-refractivity contribution in [1.29, 1.82) is 0 Å². The predicted molar refractivity (Wildman–Crippen MR) is 77.6 cm³/mol. The van der Waals surface area contributed by atoms with Gasteiger partial charge >= 0.3 is 0 Å². The van der Waals surface area contributed by atoms with Crippen molar-refractivity contribution in [2.24, 2.45) is 0 Å². The normalized spacial score (nSPS) is 22.3. The van der Waals surface area contributed by atoms with E-state index in [9.17, 15) is 0 Å². The Bertz CT molecular complexity index is 306. The van der Waals surface area contributed by atoms with E-state index in [0.29, 0.717) is 6.04 Å². The van der Waals surface area contributed by atoms with Gasteiger partial charge in [0, 0.05) is 11.3 Å². The molecule has 2 atom stereocenters. The third kappa shape index (κ3) is 3.75. The average Bonchev–Trinajstić information content (AvgIpc) is 2.42. The van der Waals surface area contributed by atoms with Crippen molar-refractivity contribution < 1.29 is 0 Å². The molecule has 1 fully saturated rings. The lowest BCUT2D eigenvalue weighted by atomic mass is 9.99. The second kappa shape index (κ2) is 7.07. The van der Waals surface area contributed by atoms with Crippen molar-refractivity contribution in [2.75, 3.05) is 12.3 Å². The molecule has 0 spiro atoms. The van der Waals surface area contributed by atoms with E-state index in [-0.39, 0.29) is 0 Å². The van der Waals surface area contributed by atoms with Crippen molar-refractivity contribution >= 4 is 11.8 Å². The van der Waals surface area contributed by atoms with Gasteiger partial charge in [0.05, 0.1) is 0 Å². The van der Waals surface area contributed by atoms with Crippen LogP contribution in [0.4, 0.5) is 0 Å². The molecule has 0 aliphatic carbocycles. The van der Waals surface area contributed by atoms with E-state index in [2.05, 4.69) is 54.3 Å². The summed E-state index contributed by atoms with van der Waals surface area (Å²) >= 11 is 2.15. The fraction of sp³-hybridized carbons (Fsp3) is 0.600. The van der Waals surface area contributed by atoms with E-state index in [1.165, 1.54) is 37.0 Å². The molecule has 0 aromatic heterocycles. The maximum Gasteiger partial charge on any atom is 0.0440 e. The molecule has 0 amide bonds. The summed E-state index contributed by atoms with van der Waals surface area (Å²) in [6.45, 7) is 3.36. The summed E-state index contributed by atoms with van der Waals surface area (Å²) in [6.07, 6.45) is 5.37. The van der Waals surface area contributed by atoms with Crippen molar-refractivity contribution in [3.8, 4) is 0 Å². The lowest BCUT2D eigenvalue weighted by Crippen LogP contribution is -2.32. The molecular weight excluding hydrogens is 226 g/mol. The number of thioether (sulfide) groups is 1. The highest BCUT2D eigenvalue weighted by Gasteiger charge is 2.24. The molecule has 1 aliphatic heterocycles. The van der Waals surface area contributed by atoms with Gasteiger partial charge in [-0.25, -0.2) is 0 Å². The highest BCUT2D eigenvalue weighted by Crippen LogP contribution is 2.34. The molecule has 1 heterocycles. The Morgan fingerprint density at radius 3 is 2.76 bits per heavy atom. The number of hydrogen-bond acceptors (Lipinski definition) is 2. The van der Waals surface area contributed by atoms with Gasteiger partial charge in [0.2, 0.25) is 0 Å². The number of nitrogens with one attached hydrogen (secondary N) is 1. The smallest absolute Gasteiger partial charge is 0.0440 e. The molecule has 1 N–H and O–H groups in total. The van der Waals surface area contributed by atoms with Gasteiger partial charge in [0.1, 0.15) is 0 Å². The molecule has 2 unspecified atom stereocenters. The molecule has 0 radical (unpaired) electrons. The van der Waals surface area contributed by atoms with Crippen LogP contribution in [0.5, 0.6) is 0 Å². The van der Waals surface area contributed by atoms with Crippen LogP contribution in [-0.4, -0.2) is 17.5 Å². The Labute approximate surface area is 109 Å². The number of rotatable bonds is 5. The van der Waals surface area contributed by atoms with Gasteiger partial charge in [-0.1, -0.05) is 43.7 Å². The second-order valence-corrected chi connectivity index (χ2v) is 6.09. The van der Waals surface area contributed by atoms with Crippen molar-refractivity contribution in [2.45, 2.75) is 43.9 Å². The van der Waals surface area contributed by atoms with Crippen molar-refractivity contribution in [3.63, 3.8) is 0 Å². The van der Waals surface area contributed by atoms with Gasteiger partial charge in [-0.05, 0) is 37.1 Å². The van der Waals surface area contributed by atoms with Gasteiger partial charge < -0.3 is 5.32 Å². The standard InChI is InChI=1S/C15H23NS/c1-2-11-16-15(13-8-4-3-5-9-13)14-10-6-7-12-17-14/h3-5,8-9,14-16H,2,6-7,10-12H2,1H3. The first-order chi connectivity index (χ1) is 8.42. The van der Waals surface area contributed by atoms with Crippen LogP contribution in [0.15, 0.2) is 30.3 Å². The molecule has 0 saturated carbocycles. The number of benzene rings is 1. The van der Waals surface area contributed by atoms with Crippen LogP contribution in [0.1, 0.15) is 44.2 Å². The van der Waals surface area contributed by atoms with E-state index >= 15 is 0 Å². The van der Waals surface area contributed by atoms with Gasteiger partial charge in [0.15, 0.2) is 0 Å². The van der Waals surface area contributed by atoms with Crippen LogP contribution in [0.25, 0.3) is 0 Å². The van der Waals surface area contributed by atoms with E-state index < -0.39 is 0 Å². The first-order valence-electron chi connectivity index (χ1n) is 6.81. The molecule has 1 aromatic carbocycles. The van der Waals surface area contributed by atoms with Crippen LogP contribution in [0, 0.1) is 0 Å². The molecular formula is C15H23NS. The highest BCUT2D eigenvalue weighted by atomic mass is 32.2. The maximum atomic E-state index is 3.73. The summed E-state index contributed by atoms with van der Waals surface area (Å²) in [7, 11) is 0. The molecule has 1 saturated heterocycles. The lowest BCUT2D eigenvalue weighted by Gasteiger charge is -2.31. The summed E-state index contributed by atoms with van der Waals surface area (Å²) in [5.41, 5.74) is 1.46. The van der Waals surface area contributed by atoms with E-state index in [0.717, 1.165) is 11.8 Å². The summed E-state index contributed by atoms with van der Waals surface area (Å²) in [5.74, 6) is 1.34. The minimum absolute atomic E-state index is 0.543. The summed E-state index contributed by atoms with van der Waals surface area (Å²) in [5, 5.41) is 4.50. The van der Waals surface area contributed by atoms with Crippen LogP contribution in [0.2, 0.25) is 0 Å². The molecule has 1 aliphatic rings. The fourth-order valence-corrected chi connectivity index (χ4v) is 3.91. The first-order valence-corrected chi connectivity index (χ1v) is 7.86. The minimum atomic E-state index is 0.543. The Balaban J connectivity index is 2.06. The largest absolute Gasteiger partial charge is 0.309 e. The van der Waals surface area contributed by atoms with Crippen LogP contribution in [-0.2, 0) is 0 Å². The van der Waals surface area contributed by atoms with Gasteiger partial charge in [-0.15, -0.1) is 0 Å². The van der Waals surface area contributed by atoms with Gasteiger partial charge in [-0.2, -0.15) is 11.8 Å². The van der Waals surface area contributed by atoms with Crippen LogP contribution < -0.4 is 5.32 Å². The lowest BCUT2D eigenvalue weighted by molar-refractivity contribution is 0.479. The fourth-order valence-electron chi connectivity index (χ4n) is 2.45. The molecule has 94 valence electrons. The molecule has 17 heavy (non-hydrogen) atoms. The minimum Gasteiger partial charge on any atom is -0.309 e. The Hall–Kier alpha value is -0.470. The van der Waals surface area contributed by atoms with Crippen LogP contribution >= 0.6 is 11.8 Å². The summed E-state index contributed by atoms with van der Waals surface area (Å²) in [4.78, 5) is 0. The molecule has 1 aromatic rings. The first kappa shape index (κ1) is 13.0. The maximum absolute atomic E-state index is 3.73. The van der Waals surface area contributed by atoms with Gasteiger partial charge in [-0.3, -0.25) is 0 Å². The Morgan fingerprint density at radius 2 is 2.12 bits per heavy atom. The quantitative estimate of drug-likeness (QED) is 0.846. The van der Waals surface area contributed by atoms with E-state index in [1.54, 1.807) is 0 Å². The molecule has 0 bridgehead atoms. The predicted octanol–water partition coefficient (Wildman–Crippen LogP) is 4.01. The zero-order valence-corrected chi connectivity index (χ0v) is 11.5. The van der Waals surface area contributed by atoms with E-state index in [1.807, 2.05) is 0 Å². The van der Waals surface area contributed by atoms with Crippen molar-refractivity contribution in [1.82, 2.24) is 5.32 Å². The van der Waals surface area contributed by atoms with Crippen molar-refractivity contribution in [3.05, 3.63) is 35.9 Å². The third-order valence-corrected chi connectivity index (χ3v) is 4.82. The summed E-state index contributed by atoms with van der Waals surface area (Å²) < 4.78 is 0. The SMILES string of the molecule is CCCNC(c1ccccc1)C1CCCCS1. The van der Waals surface area contributed by atoms with Gasteiger partial charge in [0.25, 0.3) is 0 Å². The topological polar surface area (TPSA) is 12.0 Å². The van der Waals surface area contributed by atoms with E-state index in [4.69, 9.17) is 0 Å². The Kier molecular flexibility index (Phi) is 5.40. The Morgan fingerprint density at radius 1 is 1.29 bits per heavy atom. The zero-order valence-electron chi connectivity index (χ0n) is 10.7. The molecule has 1 nitrogen and oxygen atoms in total.